The van der Waals surface area contributed by atoms with E-state index in [9.17, 15) is 10.2 Å². The van der Waals surface area contributed by atoms with Gasteiger partial charge in [-0.3, -0.25) is 14.9 Å². The number of carbonyl (C=O) groups excluding carboxylic acids is 3. The van der Waals surface area contributed by atoms with E-state index in [1.54, 1.807) is 6.26 Å². The van der Waals surface area contributed by atoms with E-state index in [1.807, 2.05) is 6.07 Å². The number of hydrogen-bond donors (Lipinski definition) is 4. The number of carbonyl (C=O) groups is 3. The Bertz CT molecular complexity index is 3500. The van der Waals surface area contributed by atoms with Crippen LogP contribution in [0.25, 0.3) is 0 Å². The van der Waals surface area contributed by atoms with E-state index in [1.165, 1.54) is 56.1 Å². The van der Waals surface area contributed by atoms with Gasteiger partial charge in [-0.2, -0.15) is 0 Å². The second-order valence-corrected chi connectivity index (χ2v) is 35.6. The first kappa shape index (κ1) is 58.1. The minimum absolute atomic E-state index is 0.0589. The topological polar surface area (TPSA) is 181 Å². The molecule has 13 nitrogen and oxygen atoms in total. The Kier molecular flexibility index (Phi) is 12.4. The zero-order valence-corrected chi connectivity index (χ0v) is 54.5. The molecule has 11 aliphatic carbocycles. The fraction of sp³-hybridized carbons (Fsp3) is 0.759. The summed E-state index contributed by atoms with van der Waals surface area (Å²) in [5, 5.41) is 41.8. The maximum absolute atomic E-state index is 18.0. The Morgan fingerprint density at radius 3 is 2.57 bits per heavy atom. The number of allylic oxidation sites excluding steroid dienone is 2. The van der Waals surface area contributed by atoms with E-state index in [-0.39, 0.29) is 77.2 Å². The number of benzene rings is 1. The van der Waals surface area contributed by atoms with E-state index in [2.05, 4.69) is 84.9 Å². The molecule has 4 N–H and O–H groups in total. The maximum Gasteiger partial charge on any atom is 0.339 e. The molecule has 92 heavy (non-hydrogen) atoms. The number of cyclic esters (lactones) is 2. The summed E-state index contributed by atoms with van der Waals surface area (Å²) >= 11 is 0. The van der Waals surface area contributed by atoms with Crippen molar-refractivity contribution in [2.24, 2.45) is 121 Å². The summed E-state index contributed by atoms with van der Waals surface area (Å²) in [5.74, 6) is 0.369. The predicted octanol–water partition coefficient (Wildman–Crippen LogP) is 11.7. The third kappa shape index (κ3) is 6.84. The second-order valence-electron chi connectivity index (χ2n) is 35.6. The standard InChI is InChI=1S/C79H100N2O11/c1-44-54-17-7-6-15-47(54)20-27-73(44)25-11-26-76-61(73)34-52-33-53-38-72(23-8-9-24-72)41-74(53)37-50-36-71(2)67(56-22-29-88-60(56)35-57(59(83)40-82)48-18-19-55-49(32-48)21-28-81-43-80-39-58(55)81)90-70(87)68-79(71,91-68)77(51-16-10-14-46(31-51)30-45-12-4-3-5-13-45)63(50)75(64(76)62(84)66(77)85)42-89-69(86)65(74)78(52,75)92-76/h3-5,11-13,21-22,25,28-29,34,44,46-51,53-55,57-59,61,63-68,80,82-83,85H,6-10,14-20,23-24,26-27,30-33,35-43H2,1-2H3. The average Bonchev–Trinajstić information content (AvgIpc) is 1.41. The highest BCUT2D eigenvalue weighted by Crippen LogP contribution is 2.92. The van der Waals surface area contributed by atoms with Crippen LogP contribution >= 0.6 is 0 Å². The van der Waals surface area contributed by atoms with Crippen LogP contribution in [0.3, 0.4) is 0 Å². The lowest BCUT2D eigenvalue weighted by Crippen LogP contribution is -2.82. The molecule has 492 valence electrons. The van der Waals surface area contributed by atoms with Crippen molar-refractivity contribution in [1.29, 1.82) is 0 Å². The van der Waals surface area contributed by atoms with Crippen molar-refractivity contribution >= 4 is 17.7 Å². The summed E-state index contributed by atoms with van der Waals surface area (Å²) in [6.45, 7) is 6.40. The molecule has 8 heterocycles. The Balaban J connectivity index is 0.789. The van der Waals surface area contributed by atoms with Gasteiger partial charge in [-0.15, -0.1) is 0 Å². The van der Waals surface area contributed by atoms with Crippen molar-refractivity contribution in [3.05, 3.63) is 95.6 Å². The summed E-state index contributed by atoms with van der Waals surface area (Å²) in [6.07, 6.45) is 34.0. The Morgan fingerprint density at radius 2 is 1.71 bits per heavy atom. The molecule has 18 aliphatic rings. The van der Waals surface area contributed by atoms with Crippen molar-refractivity contribution in [1.82, 2.24) is 10.2 Å². The lowest BCUT2D eigenvalue weighted by atomic mass is 9.29. The largest absolute Gasteiger partial charge is 0.469 e. The molecular formula is C79H100N2O11. The number of aliphatic hydroxyl groups is 3. The smallest absolute Gasteiger partial charge is 0.339 e. The van der Waals surface area contributed by atoms with E-state index < -0.39 is 86.6 Å². The van der Waals surface area contributed by atoms with Crippen molar-refractivity contribution in [3.8, 4) is 0 Å². The van der Waals surface area contributed by atoms with Crippen LogP contribution in [0.15, 0.2) is 83.2 Å². The number of aliphatic hydroxyl groups excluding tert-OH is 3. The molecule has 20 rings (SSSR count). The van der Waals surface area contributed by atoms with Gasteiger partial charge >= 0.3 is 11.9 Å². The molecule has 1 aromatic carbocycles. The summed E-state index contributed by atoms with van der Waals surface area (Å²) in [6, 6.07) is 13.3. The van der Waals surface area contributed by atoms with Crippen LogP contribution in [0.1, 0.15) is 185 Å². The monoisotopic (exact) mass is 1250 g/mol. The zero-order valence-electron chi connectivity index (χ0n) is 54.5. The van der Waals surface area contributed by atoms with Gasteiger partial charge in [-0.25, -0.2) is 4.79 Å². The summed E-state index contributed by atoms with van der Waals surface area (Å²) in [7, 11) is 0. The molecule has 0 amide bonds. The highest BCUT2D eigenvalue weighted by Gasteiger charge is 2.99. The second kappa shape index (κ2) is 19.6. The fourth-order valence-electron chi connectivity index (χ4n) is 30.4. The molecule has 0 radical (unpaired) electrons. The first-order valence-electron chi connectivity index (χ1n) is 37.6. The minimum atomic E-state index is -1.51. The first-order chi connectivity index (χ1) is 44.7. The van der Waals surface area contributed by atoms with E-state index >= 15 is 19.5 Å². The van der Waals surface area contributed by atoms with Gasteiger partial charge in [-0.05, 0) is 214 Å². The number of ether oxygens (including phenoxy) is 4. The number of hydrogen-bond acceptors (Lipinski definition) is 13. The van der Waals surface area contributed by atoms with Crippen molar-refractivity contribution in [3.63, 3.8) is 0 Å². The zero-order chi connectivity index (χ0) is 61.9. The van der Waals surface area contributed by atoms with Crippen LogP contribution in [-0.4, -0.2) is 106 Å². The van der Waals surface area contributed by atoms with Crippen LogP contribution in [0.2, 0.25) is 0 Å². The molecule has 2 aromatic rings. The number of Topliss-reactive ketones (excluding diaryl/α,β-unsaturated/α-hetero) is 1. The third-order valence-electron chi connectivity index (χ3n) is 33.0. The molecule has 15 fully saturated rings. The van der Waals surface area contributed by atoms with Gasteiger partial charge in [0.1, 0.15) is 35.8 Å². The summed E-state index contributed by atoms with van der Waals surface area (Å²) < 4.78 is 37.8. The van der Waals surface area contributed by atoms with Gasteiger partial charge in [0.05, 0.1) is 48.5 Å². The molecule has 1 aromatic heterocycles. The number of fused-ring (bicyclic) bond motifs is 5. The summed E-state index contributed by atoms with van der Waals surface area (Å²) in [4.78, 5) is 52.7. The highest BCUT2D eigenvalue weighted by atomic mass is 16.7. The van der Waals surface area contributed by atoms with Crippen molar-refractivity contribution < 1.29 is 53.1 Å². The van der Waals surface area contributed by atoms with Crippen molar-refractivity contribution in [2.45, 2.75) is 222 Å². The average molecular weight is 1250 g/mol. The SMILES string of the molecule is CC1C2CCCCC2CCC12C=CCC13OC45C(=CC21)CC1CC2(CCCC2)CC12CC1CC6(C)C(c7ccoc7CC(C(O)CO)C7CCC8C(C=CN9CNCC89)C7)OC(=O)C7OC76C6(C7CCCC(Cc8ccccc8)C7)C(O)C(=O)C3C4(COC(=O)C25)C16. The molecule has 7 spiro atoms. The molecular weight excluding hydrogens is 1150 g/mol. The molecule has 13 heteroatoms. The number of esters is 2. The van der Waals surface area contributed by atoms with Crippen LogP contribution in [0.4, 0.5) is 0 Å². The number of epoxide rings is 1. The number of nitrogens with one attached hydrogen (secondary N) is 1. The van der Waals surface area contributed by atoms with Crippen molar-refractivity contribution in [2.75, 3.05) is 26.4 Å². The Morgan fingerprint density at radius 1 is 0.848 bits per heavy atom. The summed E-state index contributed by atoms with van der Waals surface area (Å²) in [5.41, 5.74) is -4.30. The number of ketones is 1. The van der Waals surface area contributed by atoms with Gasteiger partial charge in [0, 0.05) is 46.7 Å². The highest BCUT2D eigenvalue weighted by molar-refractivity contribution is 5.94. The van der Waals surface area contributed by atoms with Gasteiger partial charge < -0.3 is 43.6 Å². The molecule has 28 atom stereocenters. The number of rotatable bonds is 9. The Hall–Kier alpha value is -4.11. The van der Waals surface area contributed by atoms with E-state index in [0.717, 1.165) is 115 Å². The first-order valence-corrected chi connectivity index (χ1v) is 37.6. The normalized spacial score (nSPS) is 52.7. The molecule has 5 saturated heterocycles. The minimum Gasteiger partial charge on any atom is -0.469 e. The molecule has 7 aliphatic heterocycles. The number of furan rings is 1. The van der Waals surface area contributed by atoms with Gasteiger partial charge in [0.2, 0.25) is 0 Å². The Labute approximate surface area is 543 Å². The predicted molar refractivity (Wildman–Crippen MR) is 340 cm³/mol. The van der Waals surface area contributed by atoms with Gasteiger partial charge in [0.15, 0.2) is 11.9 Å². The molecule has 5 bridgehead atoms. The van der Waals surface area contributed by atoms with Crippen LogP contribution in [-0.2, 0) is 46.2 Å². The number of nitrogens with zero attached hydrogens (tertiary/aromatic N) is 1. The van der Waals surface area contributed by atoms with E-state index in [4.69, 9.17) is 23.4 Å². The van der Waals surface area contributed by atoms with E-state index in [0.29, 0.717) is 60.7 Å². The maximum atomic E-state index is 18.0. The fourth-order valence-corrected chi connectivity index (χ4v) is 30.4. The van der Waals surface area contributed by atoms with Crippen LogP contribution in [0.5, 0.6) is 0 Å². The van der Waals surface area contributed by atoms with Crippen LogP contribution < -0.4 is 5.32 Å². The lowest BCUT2D eigenvalue weighted by molar-refractivity contribution is -0.301. The third-order valence-corrected chi connectivity index (χ3v) is 33.0. The lowest BCUT2D eigenvalue weighted by Gasteiger charge is -2.73. The molecule has 28 unspecified atom stereocenters. The molecule has 10 saturated carbocycles. The van der Waals surface area contributed by atoms with Gasteiger partial charge in [-0.1, -0.05) is 113 Å². The van der Waals surface area contributed by atoms with Gasteiger partial charge in [0.25, 0.3) is 0 Å². The quantitative estimate of drug-likeness (QED) is 0.106. The van der Waals surface area contributed by atoms with Crippen LogP contribution in [0, 0.1) is 121 Å².